The summed E-state index contributed by atoms with van der Waals surface area (Å²) in [5, 5.41) is 11.4. The fourth-order valence-corrected chi connectivity index (χ4v) is 7.08. The lowest BCUT2D eigenvalue weighted by molar-refractivity contribution is 0.467. The van der Waals surface area contributed by atoms with Crippen LogP contribution in [0, 0.1) is 0 Å². The highest BCUT2D eigenvalue weighted by Crippen LogP contribution is 2.39. The maximum absolute atomic E-state index is 5.57. The van der Waals surface area contributed by atoms with Gasteiger partial charge in [-0.1, -0.05) is 121 Å². The Morgan fingerprint density at radius 2 is 1.28 bits per heavy atom. The molecule has 1 unspecified atom stereocenters. The molecule has 0 amide bonds. The van der Waals surface area contributed by atoms with Gasteiger partial charge >= 0.3 is 0 Å². The van der Waals surface area contributed by atoms with E-state index in [9.17, 15) is 0 Å². The van der Waals surface area contributed by atoms with E-state index in [0.29, 0.717) is 0 Å². The van der Waals surface area contributed by atoms with Gasteiger partial charge in [0, 0.05) is 27.6 Å². The normalized spacial score (nSPS) is 16.6. The van der Waals surface area contributed by atoms with Crippen LogP contribution in [-0.4, -0.2) is 10.3 Å². The minimum absolute atomic E-state index is 0.267. The lowest BCUT2D eigenvalue weighted by Crippen LogP contribution is -2.33. The molecule has 0 spiro atoms. The molecule has 3 heteroatoms. The third kappa shape index (κ3) is 3.78. The highest BCUT2D eigenvalue weighted by atomic mass is 15.3. The number of benzene rings is 6. The third-order valence-electron chi connectivity index (χ3n) is 9.07. The molecule has 7 aromatic rings. The minimum Gasteiger partial charge on any atom is -0.349 e. The first kappa shape index (κ1) is 24.2. The molecule has 0 saturated carbocycles. The van der Waals surface area contributed by atoms with Gasteiger partial charge in [-0.2, -0.15) is 0 Å². The predicted octanol–water partition coefficient (Wildman–Crippen LogP) is 9.92. The summed E-state index contributed by atoms with van der Waals surface area (Å²) in [6.45, 7) is 0. The van der Waals surface area contributed by atoms with Crippen molar-refractivity contribution in [3.05, 3.63) is 156 Å². The van der Waals surface area contributed by atoms with Gasteiger partial charge in [0.05, 0.1) is 16.7 Å². The maximum Gasteiger partial charge on any atom is 0.201 e. The minimum atomic E-state index is -0.267. The van der Waals surface area contributed by atoms with Crippen molar-refractivity contribution in [1.29, 1.82) is 0 Å². The summed E-state index contributed by atoms with van der Waals surface area (Å²) in [4.78, 5) is 5.57. The van der Waals surface area contributed by atoms with Crippen molar-refractivity contribution in [2.75, 3.05) is 0 Å². The lowest BCUT2D eigenvalue weighted by Gasteiger charge is -2.31. The van der Waals surface area contributed by atoms with Crippen molar-refractivity contribution in [3.63, 3.8) is 0 Å². The number of para-hydroxylation sites is 1. The number of fused-ring (bicyclic) bond motifs is 5. The second-order valence-corrected chi connectivity index (χ2v) is 11.5. The summed E-state index contributed by atoms with van der Waals surface area (Å²) in [5.41, 5.74) is 9.54. The number of aromatic nitrogens is 1. The zero-order chi connectivity index (χ0) is 28.3. The highest BCUT2D eigenvalue weighted by Gasteiger charge is 2.28. The Bertz CT molecular complexity index is 2320. The van der Waals surface area contributed by atoms with Crippen LogP contribution in [0.1, 0.15) is 24.7 Å². The molecule has 204 valence electrons. The quantitative estimate of drug-likeness (QED) is 0.233. The Labute approximate surface area is 250 Å². The number of nitrogens with zero attached hydrogens (tertiary/aromatic N) is 2. The first-order valence-corrected chi connectivity index (χ1v) is 15.1. The number of hydrogen-bond acceptors (Lipinski definition) is 2. The molecular weight excluding hydrogens is 522 g/mol. The Morgan fingerprint density at radius 3 is 2.12 bits per heavy atom. The molecule has 1 N–H and O–H groups in total. The standard InChI is InChI=1S/C40H29N3/c1-2-12-26(13-3-1)29-22-23-33(31-17-7-6-16-30(29)31)39-34-19-8-10-20-36(34)41-40(42-39)43-37-21-11-9-18-32(37)35-24-27-14-4-5-15-28(27)25-38(35)43/h1-9,11-19,21-25,40-41H,10,20H2. The molecule has 43 heavy (non-hydrogen) atoms. The average Bonchev–Trinajstić information content (AvgIpc) is 3.40. The number of rotatable bonds is 3. The number of allylic oxidation sites excluding steroid dienone is 4. The van der Waals surface area contributed by atoms with E-state index in [1.54, 1.807) is 0 Å². The molecule has 3 nitrogen and oxygen atoms in total. The zero-order valence-electron chi connectivity index (χ0n) is 23.7. The van der Waals surface area contributed by atoms with Gasteiger partial charge in [-0.15, -0.1) is 0 Å². The summed E-state index contributed by atoms with van der Waals surface area (Å²) in [7, 11) is 0. The number of nitrogens with one attached hydrogen (secondary N) is 1. The summed E-state index contributed by atoms with van der Waals surface area (Å²) < 4.78 is 2.40. The molecular formula is C40H29N3. The molecule has 1 aromatic heterocycles. The first-order chi connectivity index (χ1) is 21.3. The van der Waals surface area contributed by atoms with Crippen LogP contribution in [0.25, 0.3) is 54.5 Å². The largest absolute Gasteiger partial charge is 0.349 e. The van der Waals surface area contributed by atoms with Crippen LogP contribution in [0.4, 0.5) is 0 Å². The second-order valence-electron chi connectivity index (χ2n) is 11.5. The molecule has 2 aliphatic rings. The van der Waals surface area contributed by atoms with Crippen molar-refractivity contribution in [1.82, 2.24) is 9.88 Å². The fraction of sp³-hybridized carbons (Fsp3) is 0.0750. The Balaban J connectivity index is 1.30. The molecule has 0 bridgehead atoms. The zero-order valence-corrected chi connectivity index (χ0v) is 23.7. The van der Waals surface area contributed by atoms with Gasteiger partial charge in [0.25, 0.3) is 0 Å². The van der Waals surface area contributed by atoms with Gasteiger partial charge in [-0.05, 0) is 63.7 Å². The van der Waals surface area contributed by atoms with Crippen molar-refractivity contribution >= 4 is 49.1 Å². The first-order valence-electron chi connectivity index (χ1n) is 15.1. The van der Waals surface area contributed by atoms with E-state index in [2.05, 4.69) is 149 Å². The monoisotopic (exact) mass is 551 g/mol. The van der Waals surface area contributed by atoms with E-state index in [-0.39, 0.29) is 6.29 Å². The SMILES string of the molecule is C1=CC2=C(CC1)NC(n1c3ccccc3c3cc4ccccc4cc31)N=C2c1ccc(-c2ccccc2)c2ccccc12. The van der Waals surface area contributed by atoms with Crippen LogP contribution in [0.15, 0.2) is 156 Å². The highest BCUT2D eigenvalue weighted by molar-refractivity contribution is 6.22. The van der Waals surface area contributed by atoms with Gasteiger partial charge in [0.15, 0.2) is 0 Å². The average molecular weight is 552 g/mol. The van der Waals surface area contributed by atoms with Crippen LogP contribution in [0.3, 0.4) is 0 Å². The second kappa shape index (κ2) is 9.57. The Morgan fingerprint density at radius 1 is 0.605 bits per heavy atom. The lowest BCUT2D eigenvalue weighted by atomic mass is 9.88. The van der Waals surface area contributed by atoms with Crippen LogP contribution in [0.5, 0.6) is 0 Å². The van der Waals surface area contributed by atoms with E-state index < -0.39 is 0 Å². The topological polar surface area (TPSA) is 29.3 Å². The molecule has 9 rings (SSSR count). The van der Waals surface area contributed by atoms with Gasteiger partial charge in [-0.3, -0.25) is 0 Å². The van der Waals surface area contributed by atoms with Crippen LogP contribution in [0.2, 0.25) is 0 Å². The Kier molecular flexibility index (Phi) is 5.39. The van der Waals surface area contributed by atoms with Gasteiger partial charge < -0.3 is 9.88 Å². The van der Waals surface area contributed by atoms with Crippen LogP contribution in [-0.2, 0) is 0 Å². The number of hydrogen-bond donors (Lipinski definition) is 1. The van der Waals surface area contributed by atoms with E-state index in [0.717, 1.165) is 18.6 Å². The van der Waals surface area contributed by atoms with Gasteiger partial charge in [0.2, 0.25) is 6.29 Å². The summed E-state index contributed by atoms with van der Waals surface area (Å²) in [6, 6.07) is 46.0. The summed E-state index contributed by atoms with van der Waals surface area (Å²) in [6.07, 6.45) is 6.28. The van der Waals surface area contributed by atoms with E-state index in [1.807, 2.05) is 0 Å². The Hall–Kier alpha value is -5.41. The van der Waals surface area contributed by atoms with Crippen molar-refractivity contribution < 1.29 is 0 Å². The smallest absolute Gasteiger partial charge is 0.201 e. The number of aliphatic imine (C=N–C) groups is 1. The molecule has 1 aliphatic carbocycles. The molecule has 2 heterocycles. The third-order valence-corrected chi connectivity index (χ3v) is 9.07. The molecule has 1 atom stereocenters. The van der Waals surface area contributed by atoms with E-state index in [1.165, 1.54) is 71.3 Å². The van der Waals surface area contributed by atoms with Crippen LogP contribution < -0.4 is 5.32 Å². The van der Waals surface area contributed by atoms with E-state index >= 15 is 0 Å². The van der Waals surface area contributed by atoms with Crippen molar-refractivity contribution in [2.24, 2.45) is 4.99 Å². The molecule has 0 saturated heterocycles. The molecule has 0 fully saturated rings. The molecule has 6 aromatic carbocycles. The van der Waals surface area contributed by atoms with Crippen molar-refractivity contribution in [3.8, 4) is 11.1 Å². The molecule has 1 aliphatic heterocycles. The maximum atomic E-state index is 5.57. The molecule has 0 radical (unpaired) electrons. The summed E-state index contributed by atoms with van der Waals surface area (Å²) >= 11 is 0. The van der Waals surface area contributed by atoms with Gasteiger partial charge in [0.1, 0.15) is 0 Å². The van der Waals surface area contributed by atoms with Crippen molar-refractivity contribution in [2.45, 2.75) is 19.1 Å². The summed E-state index contributed by atoms with van der Waals surface area (Å²) in [5.74, 6) is 0. The van der Waals surface area contributed by atoms with Gasteiger partial charge in [-0.25, -0.2) is 4.99 Å². The van der Waals surface area contributed by atoms with E-state index in [4.69, 9.17) is 4.99 Å². The fourth-order valence-electron chi connectivity index (χ4n) is 7.08. The predicted molar refractivity (Wildman–Crippen MR) is 180 cm³/mol. The van der Waals surface area contributed by atoms with Crippen LogP contribution >= 0.6 is 0 Å².